The van der Waals surface area contributed by atoms with E-state index in [1.807, 2.05) is 0 Å². The Hall–Kier alpha value is -0.965. The van der Waals surface area contributed by atoms with Gasteiger partial charge in [-0.25, -0.2) is 0 Å². The van der Waals surface area contributed by atoms with E-state index in [0.717, 1.165) is 37.6 Å². The highest BCUT2D eigenvalue weighted by molar-refractivity contribution is 6.11. The second-order valence-corrected chi connectivity index (χ2v) is 6.10. The maximum absolute atomic E-state index is 12.7. The van der Waals surface area contributed by atoms with Crippen LogP contribution in [0.5, 0.6) is 0 Å². The van der Waals surface area contributed by atoms with Gasteiger partial charge in [-0.2, -0.15) is 13.2 Å². The van der Waals surface area contributed by atoms with E-state index in [1.54, 1.807) is 6.07 Å². The van der Waals surface area contributed by atoms with Crippen molar-refractivity contribution in [1.29, 1.82) is 0 Å². The molecule has 0 saturated heterocycles. The summed E-state index contributed by atoms with van der Waals surface area (Å²) in [4.78, 5) is 0. The van der Waals surface area contributed by atoms with E-state index in [4.69, 9.17) is 4.74 Å². The molecule has 1 aromatic carbocycles. The summed E-state index contributed by atoms with van der Waals surface area (Å²) in [6, 6.07) is 5.43. The van der Waals surface area contributed by atoms with Gasteiger partial charge in [-0.3, -0.25) is 0 Å². The van der Waals surface area contributed by atoms with Gasteiger partial charge in [0.1, 0.15) is 7.85 Å². The van der Waals surface area contributed by atoms with Crippen molar-refractivity contribution in [1.82, 2.24) is 0 Å². The summed E-state index contributed by atoms with van der Waals surface area (Å²) in [5.41, 5.74) is -0.00479. The fourth-order valence-electron chi connectivity index (χ4n) is 2.84. The minimum absolute atomic E-state index is 0.183. The Morgan fingerprint density at radius 1 is 1.10 bits per heavy atom. The van der Waals surface area contributed by atoms with Gasteiger partial charge in [0.05, 0.1) is 18.3 Å². The predicted octanol–water partition coefficient (Wildman–Crippen LogP) is 4.37. The van der Waals surface area contributed by atoms with Crippen molar-refractivity contribution in [3.8, 4) is 0 Å². The van der Waals surface area contributed by atoms with Crippen LogP contribution in [0.15, 0.2) is 24.3 Å². The summed E-state index contributed by atoms with van der Waals surface area (Å²) in [5.74, 6) is 0.727. The summed E-state index contributed by atoms with van der Waals surface area (Å²) < 4.78 is 43.8. The quantitative estimate of drug-likeness (QED) is 0.753. The van der Waals surface area contributed by atoms with Gasteiger partial charge in [0.2, 0.25) is 0 Å². The minimum atomic E-state index is -4.29. The van der Waals surface area contributed by atoms with Gasteiger partial charge in [0.25, 0.3) is 0 Å². The monoisotopic (exact) mass is 298 g/mol. The highest BCUT2D eigenvalue weighted by atomic mass is 19.4. The fourth-order valence-corrected chi connectivity index (χ4v) is 2.84. The van der Waals surface area contributed by atoms with Crippen LogP contribution in [-0.4, -0.2) is 14.0 Å². The van der Waals surface area contributed by atoms with Crippen molar-refractivity contribution in [3.05, 3.63) is 35.4 Å². The zero-order valence-electron chi connectivity index (χ0n) is 12.5. The third-order valence-corrected chi connectivity index (χ3v) is 4.19. The first kappa shape index (κ1) is 16.4. The van der Waals surface area contributed by atoms with E-state index in [-0.39, 0.29) is 12.7 Å². The highest BCUT2D eigenvalue weighted by Gasteiger charge is 2.30. The molecule has 2 rings (SSSR count). The van der Waals surface area contributed by atoms with Gasteiger partial charge in [0.15, 0.2) is 0 Å². The lowest BCUT2D eigenvalue weighted by Gasteiger charge is -2.23. The Balaban J connectivity index is 1.90. The van der Waals surface area contributed by atoms with Crippen LogP contribution in [0.1, 0.15) is 49.7 Å². The second-order valence-electron chi connectivity index (χ2n) is 6.10. The van der Waals surface area contributed by atoms with E-state index in [1.165, 1.54) is 25.0 Å². The molecule has 0 aromatic heterocycles. The zero-order chi connectivity index (χ0) is 15.3. The molecular weight excluding hydrogens is 276 g/mol. The first-order chi connectivity index (χ1) is 9.95. The molecule has 0 bridgehead atoms. The molecule has 1 saturated carbocycles. The third-order valence-electron chi connectivity index (χ3n) is 4.19. The van der Waals surface area contributed by atoms with Gasteiger partial charge in [-0.15, -0.1) is 0 Å². The van der Waals surface area contributed by atoms with Crippen LogP contribution in [-0.2, 0) is 17.5 Å². The maximum atomic E-state index is 12.7. The van der Waals surface area contributed by atoms with Crippen LogP contribution in [0, 0.1) is 0 Å². The normalized spacial score (nSPS) is 24.3. The summed E-state index contributed by atoms with van der Waals surface area (Å²) in [6.45, 7) is 0.267. The Morgan fingerprint density at radius 2 is 1.86 bits per heavy atom. The van der Waals surface area contributed by atoms with Crippen LogP contribution >= 0.6 is 0 Å². The molecular formula is C16H22BF3O. The second kappa shape index (κ2) is 7.34. The number of halogens is 3. The van der Waals surface area contributed by atoms with Gasteiger partial charge in [-0.05, 0) is 30.5 Å². The molecule has 1 aliphatic rings. The van der Waals surface area contributed by atoms with E-state index in [9.17, 15) is 13.2 Å². The average Bonchev–Trinajstić information content (AvgIpc) is 2.42. The molecule has 0 spiro atoms. The topological polar surface area (TPSA) is 9.23 Å². The fraction of sp³-hybridized carbons (Fsp3) is 0.625. The summed E-state index contributed by atoms with van der Waals surface area (Å²) >= 11 is 0. The predicted molar refractivity (Wildman–Crippen MR) is 80.0 cm³/mol. The van der Waals surface area contributed by atoms with Crippen LogP contribution in [0.25, 0.3) is 0 Å². The van der Waals surface area contributed by atoms with Crippen molar-refractivity contribution in [2.24, 2.45) is 0 Å². The number of rotatable bonds is 3. The summed E-state index contributed by atoms with van der Waals surface area (Å²) in [7, 11) is 2.26. The highest BCUT2D eigenvalue weighted by Crippen LogP contribution is 2.30. The molecule has 0 heterocycles. The van der Waals surface area contributed by atoms with Crippen LogP contribution in [0.4, 0.5) is 13.2 Å². The number of ether oxygens (including phenoxy) is 1. The van der Waals surface area contributed by atoms with Crippen LogP contribution in [0.2, 0.25) is 5.82 Å². The SMILES string of the molecule is BC1CCCCC(OCc2cccc(C(F)(F)F)c2)CC1. The Bertz CT molecular complexity index is 447. The van der Waals surface area contributed by atoms with E-state index in [2.05, 4.69) is 7.85 Å². The zero-order valence-corrected chi connectivity index (χ0v) is 12.5. The average molecular weight is 298 g/mol. The third kappa shape index (κ3) is 5.38. The molecule has 2 unspecified atom stereocenters. The molecule has 2 atom stereocenters. The van der Waals surface area contributed by atoms with Crippen LogP contribution < -0.4 is 0 Å². The molecule has 1 nitrogen and oxygen atoms in total. The van der Waals surface area contributed by atoms with E-state index >= 15 is 0 Å². The minimum Gasteiger partial charge on any atom is -0.374 e. The number of benzene rings is 1. The Labute approximate surface area is 125 Å². The van der Waals surface area contributed by atoms with E-state index < -0.39 is 11.7 Å². The van der Waals surface area contributed by atoms with Crippen LogP contribution in [0.3, 0.4) is 0 Å². The lowest BCUT2D eigenvalue weighted by atomic mass is 9.77. The van der Waals surface area contributed by atoms with E-state index in [0.29, 0.717) is 5.56 Å². The number of hydrogen-bond donors (Lipinski definition) is 0. The Morgan fingerprint density at radius 3 is 2.62 bits per heavy atom. The van der Waals surface area contributed by atoms with Gasteiger partial charge in [-0.1, -0.05) is 43.6 Å². The molecule has 0 radical (unpaired) electrons. The maximum Gasteiger partial charge on any atom is 0.416 e. The summed E-state index contributed by atoms with van der Waals surface area (Å²) in [6.07, 6.45) is 2.73. The van der Waals surface area contributed by atoms with Crippen molar-refractivity contribution >= 4 is 7.85 Å². The molecule has 116 valence electrons. The molecule has 1 aromatic rings. The van der Waals surface area contributed by atoms with Gasteiger partial charge in [0, 0.05) is 0 Å². The lowest BCUT2D eigenvalue weighted by molar-refractivity contribution is -0.137. The summed E-state index contributed by atoms with van der Waals surface area (Å²) in [5, 5.41) is 0. The van der Waals surface area contributed by atoms with Gasteiger partial charge < -0.3 is 4.74 Å². The molecule has 0 N–H and O–H groups in total. The Kier molecular flexibility index (Phi) is 5.74. The molecule has 1 aliphatic carbocycles. The smallest absolute Gasteiger partial charge is 0.374 e. The molecule has 5 heteroatoms. The first-order valence-corrected chi connectivity index (χ1v) is 7.73. The number of hydrogen-bond acceptors (Lipinski definition) is 1. The lowest BCUT2D eigenvalue weighted by Crippen LogP contribution is -2.16. The molecule has 0 amide bonds. The first-order valence-electron chi connectivity index (χ1n) is 7.73. The molecule has 0 aliphatic heterocycles. The molecule has 1 fully saturated rings. The van der Waals surface area contributed by atoms with Crippen molar-refractivity contribution in [3.63, 3.8) is 0 Å². The van der Waals surface area contributed by atoms with Gasteiger partial charge >= 0.3 is 6.18 Å². The molecule has 21 heavy (non-hydrogen) atoms. The van der Waals surface area contributed by atoms with Crippen molar-refractivity contribution in [2.75, 3.05) is 0 Å². The standard InChI is InChI=1S/C16H22BF3O/c17-14-6-1-2-7-15(9-8-14)21-11-12-4-3-5-13(10-12)16(18,19)20/h3-5,10,14-15H,1-2,6-9,11,17H2. The van der Waals surface area contributed by atoms with Crippen molar-refractivity contribution in [2.45, 2.75) is 63.2 Å². The largest absolute Gasteiger partial charge is 0.416 e. The van der Waals surface area contributed by atoms with Crippen molar-refractivity contribution < 1.29 is 17.9 Å². The number of alkyl halides is 3.